The molecule has 4 unspecified atom stereocenters. The van der Waals surface area contributed by atoms with Gasteiger partial charge in [0.15, 0.2) is 0 Å². The molecule has 2 bridgehead atoms. The van der Waals surface area contributed by atoms with Crippen molar-refractivity contribution >= 4 is 41.9 Å². The summed E-state index contributed by atoms with van der Waals surface area (Å²) in [5, 5.41) is 13.4. The van der Waals surface area contributed by atoms with Crippen LogP contribution in [0.4, 0.5) is 4.79 Å². The number of benzene rings is 1. The fourth-order valence-electron chi connectivity index (χ4n) is 5.90. The van der Waals surface area contributed by atoms with Crippen molar-refractivity contribution in [1.29, 1.82) is 0 Å². The van der Waals surface area contributed by atoms with Gasteiger partial charge in [-0.05, 0) is 91.7 Å². The minimum absolute atomic E-state index is 0.0161. The molecule has 2 amide bonds. The summed E-state index contributed by atoms with van der Waals surface area (Å²) in [6, 6.07) is 4.52. The second-order valence-electron chi connectivity index (χ2n) is 14.3. The van der Waals surface area contributed by atoms with Gasteiger partial charge in [-0.25, -0.2) is 14.3 Å². The lowest BCUT2D eigenvalue weighted by atomic mass is 9.82. The number of carbonyl (C=O) groups is 3. The molecule has 1 aromatic heterocycles. The zero-order chi connectivity index (χ0) is 31.4. The zero-order valence-electron chi connectivity index (χ0n) is 26.8. The predicted octanol–water partition coefficient (Wildman–Crippen LogP) is 3.58. The van der Waals surface area contributed by atoms with Crippen molar-refractivity contribution in [3.63, 3.8) is 0 Å². The minimum Gasteiger partial charge on any atom is -0.443 e. The molecule has 1 aliphatic heterocycles. The van der Waals surface area contributed by atoms with Gasteiger partial charge in [0, 0.05) is 13.0 Å². The van der Waals surface area contributed by atoms with Gasteiger partial charge in [-0.3, -0.25) is 9.59 Å². The Hall–Kier alpha value is -2.92. The minimum atomic E-state index is -1.06. The van der Waals surface area contributed by atoms with Crippen LogP contribution in [-0.4, -0.2) is 73.8 Å². The van der Waals surface area contributed by atoms with E-state index in [-0.39, 0.29) is 37.2 Å². The van der Waals surface area contributed by atoms with Crippen LogP contribution in [0.5, 0.6) is 0 Å². The maximum Gasteiger partial charge on any atom is 0.420 e. The molecule has 2 heterocycles. The molecule has 0 spiro atoms. The number of nitrogens with one attached hydrogen (secondary N) is 1. The number of imidazole rings is 1. The predicted molar refractivity (Wildman–Crippen MR) is 163 cm³/mol. The highest BCUT2D eigenvalue weighted by molar-refractivity contribution is 6.47. The first-order chi connectivity index (χ1) is 19.3. The average molecular weight is 583 g/mol. The summed E-state index contributed by atoms with van der Waals surface area (Å²) in [5.41, 5.74) is -0.643. The van der Waals surface area contributed by atoms with Crippen molar-refractivity contribution in [1.82, 2.24) is 19.8 Å². The molecule has 1 aromatic carbocycles. The van der Waals surface area contributed by atoms with E-state index in [0.29, 0.717) is 16.9 Å². The van der Waals surface area contributed by atoms with Crippen LogP contribution in [-0.2, 0) is 19.0 Å². The molecule has 1 aliphatic carbocycles. The van der Waals surface area contributed by atoms with Gasteiger partial charge in [0.2, 0.25) is 11.8 Å². The van der Waals surface area contributed by atoms with Crippen molar-refractivity contribution in [2.75, 3.05) is 0 Å². The van der Waals surface area contributed by atoms with E-state index in [4.69, 9.17) is 14.4 Å². The van der Waals surface area contributed by atoms with Gasteiger partial charge >= 0.3 is 13.6 Å². The first-order valence-corrected chi connectivity index (χ1v) is 15.0. The number of ether oxygens (including phenoxy) is 1. The van der Waals surface area contributed by atoms with Crippen LogP contribution in [0.2, 0.25) is 0 Å². The summed E-state index contributed by atoms with van der Waals surface area (Å²) >= 11 is 0. The van der Waals surface area contributed by atoms with E-state index in [1.54, 1.807) is 13.8 Å². The molecular weight excluding hydrogens is 535 g/mol. The summed E-state index contributed by atoms with van der Waals surface area (Å²) in [6.45, 7) is 17.8. The lowest BCUT2D eigenvalue weighted by Gasteiger charge is -2.38. The summed E-state index contributed by atoms with van der Waals surface area (Å²) in [6.07, 6.45) is 2.06. The monoisotopic (exact) mass is 582 g/mol. The van der Waals surface area contributed by atoms with Crippen molar-refractivity contribution in [2.45, 2.75) is 123 Å². The number of hydrogen-bond donors (Lipinski definition) is 2. The number of aromatic nitrogens is 2. The maximum absolute atomic E-state index is 14.1. The third kappa shape index (κ3) is 6.37. The highest BCUT2D eigenvalue weighted by atomic mass is 16.6. The molecule has 4 rings (SSSR count). The Morgan fingerprint density at radius 2 is 1.76 bits per heavy atom. The Bertz CT molecular complexity index is 1360. The van der Waals surface area contributed by atoms with Crippen LogP contribution < -0.4 is 10.8 Å². The molecule has 2 aliphatic rings. The number of rotatable bonds is 8. The molecular formula is C31H47BN4O6. The van der Waals surface area contributed by atoms with Gasteiger partial charge in [-0.1, -0.05) is 25.4 Å². The van der Waals surface area contributed by atoms with E-state index in [1.807, 2.05) is 71.6 Å². The van der Waals surface area contributed by atoms with Crippen molar-refractivity contribution in [3.05, 3.63) is 24.0 Å². The number of amides is 2. The zero-order valence-corrected chi connectivity index (χ0v) is 26.8. The third-order valence-corrected chi connectivity index (χ3v) is 8.79. The van der Waals surface area contributed by atoms with Gasteiger partial charge < -0.3 is 24.7 Å². The van der Waals surface area contributed by atoms with E-state index in [0.717, 1.165) is 24.7 Å². The van der Waals surface area contributed by atoms with Crippen LogP contribution in [0.1, 0.15) is 100 Å². The van der Waals surface area contributed by atoms with Gasteiger partial charge in [0.05, 0.1) is 28.3 Å². The first-order valence-electron chi connectivity index (χ1n) is 15.0. The molecule has 10 nitrogen and oxygen atoms in total. The summed E-state index contributed by atoms with van der Waals surface area (Å²) in [7, 11) is 0.216. The van der Waals surface area contributed by atoms with E-state index in [9.17, 15) is 19.5 Å². The highest BCUT2D eigenvalue weighted by Crippen LogP contribution is 2.51. The Morgan fingerprint density at radius 1 is 1.10 bits per heavy atom. The van der Waals surface area contributed by atoms with Crippen LogP contribution in [0, 0.1) is 11.8 Å². The Morgan fingerprint density at radius 3 is 2.33 bits per heavy atom. The largest absolute Gasteiger partial charge is 0.443 e. The van der Waals surface area contributed by atoms with Gasteiger partial charge in [-0.2, -0.15) is 0 Å². The summed E-state index contributed by atoms with van der Waals surface area (Å²) < 4.78 is 13.5. The second-order valence-corrected chi connectivity index (χ2v) is 14.3. The number of nitrogens with zero attached hydrogens (tertiary/aromatic N) is 3. The van der Waals surface area contributed by atoms with Gasteiger partial charge in [0.25, 0.3) is 0 Å². The lowest BCUT2D eigenvalue weighted by molar-refractivity contribution is -0.141. The van der Waals surface area contributed by atoms with E-state index in [1.165, 1.54) is 11.5 Å². The molecule has 2 N–H and O–H groups in total. The SMILES string of the molecule is CC(=O)NC(C(=O)N1C2CCC(C2)C1c1nc2ccc(BOC(C)(C)C(C)(C)O)cc2n1C(=O)OC(C)(C)C)C(C)C. The molecule has 11 heteroatoms. The standard InChI is InChI=1S/C31H47BN4O6/c1-17(2)24(33-18(3)37)27(38)35-21-13-11-19(15-21)25(35)26-34-22-14-12-20(32-42-31(9,10)30(7,8)40)16-23(22)36(26)28(39)41-29(4,5)6/h12,14,16-17,19,21,24-25,32,40H,11,13,15H2,1-10H3,(H,33,37). The topological polar surface area (TPSA) is 123 Å². The van der Waals surface area contributed by atoms with Crippen LogP contribution in [0.25, 0.3) is 11.0 Å². The number of fused-ring (bicyclic) bond motifs is 3. The van der Waals surface area contributed by atoms with Crippen LogP contribution in [0.3, 0.4) is 0 Å². The number of carbonyl (C=O) groups excluding carboxylic acids is 3. The Balaban J connectivity index is 1.80. The van der Waals surface area contributed by atoms with Crippen molar-refractivity contribution < 1.29 is 28.9 Å². The number of likely N-dealkylation sites (tertiary alicyclic amines) is 1. The molecule has 42 heavy (non-hydrogen) atoms. The molecule has 4 atom stereocenters. The molecule has 0 radical (unpaired) electrons. The van der Waals surface area contributed by atoms with Gasteiger partial charge in [0.1, 0.15) is 17.5 Å². The molecule has 2 fully saturated rings. The third-order valence-electron chi connectivity index (χ3n) is 8.79. The van der Waals surface area contributed by atoms with E-state index >= 15 is 0 Å². The molecule has 230 valence electrons. The number of hydrogen-bond acceptors (Lipinski definition) is 7. The quantitative estimate of drug-likeness (QED) is 0.457. The molecule has 1 saturated carbocycles. The summed E-state index contributed by atoms with van der Waals surface area (Å²) in [4.78, 5) is 46.7. The van der Waals surface area contributed by atoms with Gasteiger partial charge in [-0.15, -0.1) is 0 Å². The fraction of sp³-hybridized carbons (Fsp3) is 0.677. The van der Waals surface area contributed by atoms with Crippen molar-refractivity contribution in [3.8, 4) is 0 Å². The van der Waals surface area contributed by atoms with Crippen LogP contribution in [0.15, 0.2) is 18.2 Å². The molecule has 1 saturated heterocycles. The second kappa shape index (κ2) is 11.3. The Labute approximate surface area is 249 Å². The first kappa shape index (κ1) is 32.0. The van der Waals surface area contributed by atoms with Crippen molar-refractivity contribution in [2.24, 2.45) is 11.8 Å². The number of piperidine rings is 1. The maximum atomic E-state index is 14.1. The van der Waals surface area contributed by atoms with E-state index in [2.05, 4.69) is 5.32 Å². The van der Waals surface area contributed by atoms with E-state index < -0.39 is 35.0 Å². The highest BCUT2D eigenvalue weighted by Gasteiger charge is 2.52. The normalized spacial score (nSPS) is 21.6. The Kier molecular flexibility index (Phi) is 8.61. The number of aliphatic hydroxyl groups is 1. The average Bonchev–Trinajstić information content (AvgIpc) is 3.56. The summed E-state index contributed by atoms with van der Waals surface area (Å²) in [5.74, 6) is 0.0913. The molecule has 2 aromatic rings. The smallest absolute Gasteiger partial charge is 0.420 e. The lowest BCUT2D eigenvalue weighted by Crippen LogP contribution is -2.53. The fourth-order valence-corrected chi connectivity index (χ4v) is 5.90. The van der Waals surface area contributed by atoms with Crippen LogP contribution >= 0.6 is 0 Å².